The van der Waals surface area contributed by atoms with Crippen molar-refractivity contribution in [2.24, 2.45) is 0 Å². The van der Waals surface area contributed by atoms with Crippen molar-refractivity contribution in [3.63, 3.8) is 0 Å². The Labute approximate surface area is 184 Å². The highest BCUT2D eigenvalue weighted by Gasteiger charge is 2.28. The van der Waals surface area contributed by atoms with Gasteiger partial charge >= 0.3 is 0 Å². The summed E-state index contributed by atoms with van der Waals surface area (Å²) in [5.74, 6) is 0.422. The van der Waals surface area contributed by atoms with Gasteiger partial charge in [-0.2, -0.15) is 10.2 Å². The number of nitrogens with zero attached hydrogens (tertiary/aromatic N) is 4. The molecule has 1 amide bonds. The normalized spacial score (nSPS) is 18.2. The number of ether oxygens (including phenoxy) is 1. The standard InChI is InChI=1S/C23H24N6O3/c1-2-31-17-7-6-16(11-17)29-14-19(22(28-29)18-5-3-4-10-24-18)27-23(30)21-9-8-20(32-21)15-12-25-26-13-15/h3-5,8-10,12-14,16-17H,2,6-7,11H2,1H3,(H,25,26)(H,27,30)/t16-,17+/m0/s1. The zero-order chi connectivity index (χ0) is 21.9. The van der Waals surface area contributed by atoms with Gasteiger partial charge in [-0.1, -0.05) is 6.07 Å². The predicted octanol–water partition coefficient (Wildman–Crippen LogP) is 4.31. The summed E-state index contributed by atoms with van der Waals surface area (Å²) in [6.45, 7) is 2.72. The van der Waals surface area contributed by atoms with Crippen LogP contribution in [0.2, 0.25) is 0 Å². The van der Waals surface area contributed by atoms with Gasteiger partial charge in [0.2, 0.25) is 0 Å². The molecule has 0 bridgehead atoms. The highest BCUT2D eigenvalue weighted by molar-refractivity contribution is 6.04. The highest BCUT2D eigenvalue weighted by atomic mass is 16.5. The van der Waals surface area contributed by atoms with Crippen LogP contribution in [0.1, 0.15) is 42.8 Å². The van der Waals surface area contributed by atoms with Gasteiger partial charge in [-0.05, 0) is 50.5 Å². The lowest BCUT2D eigenvalue weighted by atomic mass is 10.2. The molecule has 5 rings (SSSR count). The third-order valence-corrected chi connectivity index (χ3v) is 5.63. The summed E-state index contributed by atoms with van der Waals surface area (Å²) in [6.07, 6.45) is 10.1. The van der Waals surface area contributed by atoms with Crippen LogP contribution in [0.15, 0.2) is 59.5 Å². The molecule has 0 aliphatic heterocycles. The van der Waals surface area contributed by atoms with Crippen LogP contribution < -0.4 is 5.32 Å². The lowest BCUT2D eigenvalue weighted by Gasteiger charge is -2.11. The zero-order valence-corrected chi connectivity index (χ0v) is 17.7. The van der Waals surface area contributed by atoms with E-state index in [0.29, 0.717) is 29.4 Å². The minimum atomic E-state index is -0.352. The molecule has 1 fully saturated rings. The van der Waals surface area contributed by atoms with Gasteiger partial charge in [0, 0.05) is 25.2 Å². The summed E-state index contributed by atoms with van der Waals surface area (Å²) >= 11 is 0. The van der Waals surface area contributed by atoms with Crippen LogP contribution in [-0.2, 0) is 4.74 Å². The SMILES string of the molecule is CCO[C@@H]1CC[C@H](n2cc(NC(=O)c3ccc(-c4cn[nH]c4)o3)c(-c3ccccn3)n2)C1. The molecule has 4 aromatic rings. The molecule has 4 aromatic heterocycles. The fraction of sp³-hybridized carbons (Fsp3) is 0.304. The predicted molar refractivity (Wildman–Crippen MR) is 118 cm³/mol. The summed E-state index contributed by atoms with van der Waals surface area (Å²) < 4.78 is 13.4. The smallest absolute Gasteiger partial charge is 0.291 e. The van der Waals surface area contributed by atoms with Crippen LogP contribution in [0.3, 0.4) is 0 Å². The van der Waals surface area contributed by atoms with Gasteiger partial charge in [0.05, 0.1) is 35.3 Å². The first-order chi connectivity index (χ1) is 15.7. The van der Waals surface area contributed by atoms with Crippen molar-refractivity contribution in [1.29, 1.82) is 0 Å². The summed E-state index contributed by atoms with van der Waals surface area (Å²) in [5, 5.41) is 14.4. The van der Waals surface area contributed by atoms with E-state index in [9.17, 15) is 4.79 Å². The van der Waals surface area contributed by atoms with Gasteiger partial charge in [-0.3, -0.25) is 19.6 Å². The van der Waals surface area contributed by atoms with Gasteiger partial charge in [0.15, 0.2) is 5.76 Å². The molecule has 9 nitrogen and oxygen atoms in total. The number of hydrogen-bond acceptors (Lipinski definition) is 6. The Morgan fingerprint density at radius 2 is 2.25 bits per heavy atom. The second-order valence-corrected chi connectivity index (χ2v) is 7.74. The number of amides is 1. The Morgan fingerprint density at radius 1 is 1.31 bits per heavy atom. The largest absolute Gasteiger partial charge is 0.451 e. The maximum absolute atomic E-state index is 12.9. The molecule has 2 atom stereocenters. The van der Waals surface area contributed by atoms with E-state index in [1.165, 1.54) is 0 Å². The third kappa shape index (κ3) is 4.06. The number of furan rings is 1. The number of carbonyl (C=O) groups excluding carboxylic acids is 1. The number of rotatable bonds is 7. The zero-order valence-electron chi connectivity index (χ0n) is 17.7. The summed E-state index contributed by atoms with van der Waals surface area (Å²) in [5.41, 5.74) is 2.69. The van der Waals surface area contributed by atoms with E-state index in [1.54, 1.807) is 30.7 Å². The van der Waals surface area contributed by atoms with Gasteiger partial charge in [-0.25, -0.2) is 0 Å². The first-order valence-corrected chi connectivity index (χ1v) is 10.7. The molecule has 0 saturated heterocycles. The van der Waals surface area contributed by atoms with Gasteiger partial charge < -0.3 is 14.5 Å². The maximum atomic E-state index is 12.9. The van der Waals surface area contributed by atoms with Gasteiger partial charge in [0.25, 0.3) is 5.91 Å². The van der Waals surface area contributed by atoms with E-state index in [0.717, 1.165) is 24.8 Å². The van der Waals surface area contributed by atoms with Crippen LogP contribution in [0, 0.1) is 0 Å². The number of carbonyl (C=O) groups is 1. The van der Waals surface area contributed by atoms with Crippen molar-refractivity contribution in [2.45, 2.75) is 38.3 Å². The minimum Gasteiger partial charge on any atom is -0.451 e. The van der Waals surface area contributed by atoms with Crippen molar-refractivity contribution in [3.8, 4) is 22.7 Å². The fourth-order valence-electron chi connectivity index (χ4n) is 4.09. The number of aromatic nitrogens is 5. The molecule has 0 radical (unpaired) electrons. The average Bonchev–Trinajstić information content (AvgIpc) is 3.61. The van der Waals surface area contributed by atoms with E-state index in [-0.39, 0.29) is 23.8 Å². The fourth-order valence-corrected chi connectivity index (χ4v) is 4.09. The molecule has 164 valence electrons. The third-order valence-electron chi connectivity index (χ3n) is 5.63. The highest BCUT2D eigenvalue weighted by Crippen LogP contribution is 2.35. The molecular formula is C23H24N6O3. The van der Waals surface area contributed by atoms with E-state index < -0.39 is 0 Å². The number of aromatic amines is 1. The Balaban J connectivity index is 1.41. The van der Waals surface area contributed by atoms with Crippen molar-refractivity contribution in [2.75, 3.05) is 11.9 Å². The molecule has 4 heterocycles. The van der Waals surface area contributed by atoms with E-state index in [1.807, 2.05) is 36.0 Å². The molecule has 9 heteroatoms. The second kappa shape index (κ2) is 8.80. The summed E-state index contributed by atoms with van der Waals surface area (Å²) in [6, 6.07) is 9.24. The Bertz CT molecular complexity index is 1180. The molecule has 1 aliphatic carbocycles. The van der Waals surface area contributed by atoms with E-state index in [2.05, 4.69) is 20.5 Å². The molecular weight excluding hydrogens is 408 g/mol. The van der Waals surface area contributed by atoms with Crippen molar-refractivity contribution in [1.82, 2.24) is 25.0 Å². The molecule has 1 aliphatic rings. The van der Waals surface area contributed by atoms with Gasteiger partial charge in [0.1, 0.15) is 11.5 Å². The number of pyridine rings is 1. The van der Waals surface area contributed by atoms with Crippen molar-refractivity contribution in [3.05, 3.63) is 60.9 Å². The molecule has 0 aromatic carbocycles. The monoisotopic (exact) mass is 432 g/mol. The lowest BCUT2D eigenvalue weighted by Crippen LogP contribution is -2.12. The average molecular weight is 432 g/mol. The van der Waals surface area contributed by atoms with E-state index in [4.69, 9.17) is 14.3 Å². The first kappa shape index (κ1) is 20.2. The number of H-pyrrole nitrogens is 1. The maximum Gasteiger partial charge on any atom is 0.291 e. The summed E-state index contributed by atoms with van der Waals surface area (Å²) in [7, 11) is 0. The Kier molecular flexibility index (Phi) is 5.55. The van der Waals surface area contributed by atoms with Crippen LogP contribution in [0.5, 0.6) is 0 Å². The number of nitrogens with one attached hydrogen (secondary N) is 2. The minimum absolute atomic E-state index is 0.207. The van der Waals surface area contributed by atoms with Gasteiger partial charge in [-0.15, -0.1) is 0 Å². The van der Waals surface area contributed by atoms with Crippen LogP contribution in [0.25, 0.3) is 22.7 Å². The molecule has 0 unspecified atom stereocenters. The van der Waals surface area contributed by atoms with Crippen LogP contribution >= 0.6 is 0 Å². The van der Waals surface area contributed by atoms with Crippen LogP contribution in [-0.4, -0.2) is 43.6 Å². The quantitative estimate of drug-likeness (QED) is 0.450. The first-order valence-electron chi connectivity index (χ1n) is 10.7. The van der Waals surface area contributed by atoms with Crippen molar-refractivity contribution < 1.29 is 13.9 Å². The Morgan fingerprint density at radius 3 is 3.03 bits per heavy atom. The summed E-state index contributed by atoms with van der Waals surface area (Å²) in [4.78, 5) is 17.4. The molecule has 0 spiro atoms. The molecule has 1 saturated carbocycles. The molecule has 2 N–H and O–H groups in total. The Hall–Kier alpha value is -3.72. The van der Waals surface area contributed by atoms with E-state index >= 15 is 0 Å². The number of hydrogen-bond donors (Lipinski definition) is 2. The topological polar surface area (TPSA) is 111 Å². The molecule has 32 heavy (non-hydrogen) atoms. The second-order valence-electron chi connectivity index (χ2n) is 7.74. The van der Waals surface area contributed by atoms with Crippen molar-refractivity contribution >= 4 is 11.6 Å². The van der Waals surface area contributed by atoms with Crippen LogP contribution in [0.4, 0.5) is 5.69 Å². The lowest BCUT2D eigenvalue weighted by molar-refractivity contribution is 0.0654. The number of anilines is 1.